The van der Waals surface area contributed by atoms with Crippen LogP contribution in [0.4, 0.5) is 4.39 Å². The number of carboxylic acid groups (broad SMARTS) is 1. The highest BCUT2D eigenvalue weighted by molar-refractivity contribution is 5.90. The molecule has 1 heterocycles. The maximum atomic E-state index is 12.9. The summed E-state index contributed by atoms with van der Waals surface area (Å²) in [5.41, 5.74) is 0.526. The van der Waals surface area contributed by atoms with Gasteiger partial charge in [-0.1, -0.05) is 0 Å². The van der Waals surface area contributed by atoms with Gasteiger partial charge in [-0.3, -0.25) is 0 Å². The van der Waals surface area contributed by atoms with Gasteiger partial charge in [0.05, 0.1) is 0 Å². The van der Waals surface area contributed by atoms with Crippen LogP contribution in [0.15, 0.2) is 36.5 Å². The molecule has 0 saturated heterocycles. The number of hydrogen-bond donors (Lipinski definition) is 1. The van der Waals surface area contributed by atoms with Crippen molar-refractivity contribution in [3.05, 3.63) is 53.5 Å². The van der Waals surface area contributed by atoms with Gasteiger partial charge in [0.15, 0.2) is 0 Å². The van der Waals surface area contributed by atoms with Gasteiger partial charge < -0.3 is 9.84 Å². The molecule has 2 rings (SSSR count). The lowest BCUT2D eigenvalue weighted by Crippen LogP contribution is -2.02. The summed E-state index contributed by atoms with van der Waals surface area (Å²) >= 11 is 0. The van der Waals surface area contributed by atoms with Gasteiger partial charge in [-0.25, -0.2) is 14.2 Å². The normalized spacial score (nSPS) is 10.1. The Morgan fingerprint density at radius 2 is 2.17 bits per heavy atom. The molecule has 0 fully saturated rings. The summed E-state index contributed by atoms with van der Waals surface area (Å²) in [6, 6.07) is 6.88. The second kappa shape index (κ2) is 4.83. The highest BCUT2D eigenvalue weighted by Crippen LogP contribution is 2.26. The second-order valence-corrected chi connectivity index (χ2v) is 3.67. The number of pyridine rings is 1. The van der Waals surface area contributed by atoms with E-state index in [1.807, 2.05) is 0 Å². The van der Waals surface area contributed by atoms with Gasteiger partial charge >= 0.3 is 5.97 Å². The fraction of sp³-hybridized carbons (Fsp3) is 0.0769. The van der Waals surface area contributed by atoms with Crippen molar-refractivity contribution >= 4 is 5.97 Å². The number of ether oxygens (including phenoxy) is 1. The third-order valence-corrected chi connectivity index (χ3v) is 2.35. The Morgan fingerprint density at radius 3 is 2.83 bits per heavy atom. The minimum atomic E-state index is -1.13. The maximum Gasteiger partial charge on any atom is 0.341 e. The van der Waals surface area contributed by atoms with Crippen LogP contribution in [0.5, 0.6) is 11.6 Å². The lowest BCUT2D eigenvalue weighted by molar-refractivity contribution is 0.0693. The van der Waals surface area contributed by atoms with E-state index in [4.69, 9.17) is 9.84 Å². The molecule has 1 N–H and O–H groups in total. The number of aryl methyl sites for hydroxylation is 1. The van der Waals surface area contributed by atoms with Gasteiger partial charge in [0, 0.05) is 6.20 Å². The molecule has 0 amide bonds. The molecule has 0 aliphatic carbocycles. The number of aromatic carboxylic acids is 1. The quantitative estimate of drug-likeness (QED) is 0.905. The molecule has 18 heavy (non-hydrogen) atoms. The Kier molecular flexibility index (Phi) is 3.23. The van der Waals surface area contributed by atoms with Gasteiger partial charge in [0.2, 0.25) is 5.88 Å². The molecular weight excluding hydrogens is 237 g/mol. The average molecular weight is 247 g/mol. The Morgan fingerprint density at radius 1 is 1.39 bits per heavy atom. The summed E-state index contributed by atoms with van der Waals surface area (Å²) in [6.07, 6.45) is 1.43. The van der Waals surface area contributed by atoms with Crippen molar-refractivity contribution < 1.29 is 19.0 Å². The van der Waals surface area contributed by atoms with E-state index in [2.05, 4.69) is 4.98 Å². The largest absolute Gasteiger partial charge is 0.477 e. The summed E-state index contributed by atoms with van der Waals surface area (Å²) in [4.78, 5) is 14.8. The van der Waals surface area contributed by atoms with Crippen molar-refractivity contribution in [2.75, 3.05) is 0 Å². The molecule has 2 aromatic rings. The molecule has 0 unspecified atom stereocenters. The lowest BCUT2D eigenvalue weighted by atomic mass is 10.2. The maximum absolute atomic E-state index is 12.9. The molecule has 0 aliphatic rings. The molecule has 0 radical (unpaired) electrons. The van der Waals surface area contributed by atoms with Gasteiger partial charge in [-0.05, 0) is 42.8 Å². The molecule has 0 aliphatic heterocycles. The standard InChI is InChI=1S/C13H10FNO3/c1-8-7-9(14)4-5-11(8)18-12-10(13(16)17)3-2-6-15-12/h2-7H,1H3,(H,16,17). The van der Waals surface area contributed by atoms with Crippen LogP contribution in [0.25, 0.3) is 0 Å². The predicted octanol–water partition coefficient (Wildman–Crippen LogP) is 3.02. The molecular formula is C13H10FNO3. The lowest BCUT2D eigenvalue weighted by Gasteiger charge is -2.09. The van der Waals surface area contributed by atoms with Crippen LogP contribution in [0.3, 0.4) is 0 Å². The molecule has 92 valence electrons. The monoisotopic (exact) mass is 247 g/mol. The van der Waals surface area contributed by atoms with E-state index in [1.54, 1.807) is 6.92 Å². The van der Waals surface area contributed by atoms with Crippen molar-refractivity contribution in [3.8, 4) is 11.6 Å². The van der Waals surface area contributed by atoms with Crippen molar-refractivity contribution in [1.82, 2.24) is 4.98 Å². The van der Waals surface area contributed by atoms with Gasteiger partial charge in [0.1, 0.15) is 17.1 Å². The highest BCUT2D eigenvalue weighted by Gasteiger charge is 2.13. The fourth-order valence-corrected chi connectivity index (χ4v) is 1.47. The van der Waals surface area contributed by atoms with Crippen LogP contribution in [-0.2, 0) is 0 Å². The van der Waals surface area contributed by atoms with Crippen LogP contribution >= 0.6 is 0 Å². The zero-order valence-corrected chi connectivity index (χ0v) is 9.55. The third-order valence-electron chi connectivity index (χ3n) is 2.35. The number of hydrogen-bond acceptors (Lipinski definition) is 3. The number of carbonyl (C=O) groups is 1. The smallest absolute Gasteiger partial charge is 0.341 e. The summed E-state index contributed by atoms with van der Waals surface area (Å²) in [5.74, 6) is -1.14. The van der Waals surface area contributed by atoms with Crippen molar-refractivity contribution in [3.63, 3.8) is 0 Å². The molecule has 5 heteroatoms. The Balaban J connectivity index is 2.37. The van der Waals surface area contributed by atoms with E-state index in [-0.39, 0.29) is 17.3 Å². The first kappa shape index (κ1) is 12.0. The zero-order chi connectivity index (χ0) is 13.1. The second-order valence-electron chi connectivity index (χ2n) is 3.67. The van der Waals surface area contributed by atoms with Crippen LogP contribution in [0.2, 0.25) is 0 Å². The molecule has 0 saturated carbocycles. The summed E-state index contributed by atoms with van der Waals surface area (Å²) in [6.45, 7) is 1.67. The predicted molar refractivity (Wildman–Crippen MR) is 62.4 cm³/mol. The van der Waals surface area contributed by atoms with E-state index in [0.717, 1.165) is 0 Å². The molecule has 4 nitrogen and oxygen atoms in total. The number of benzene rings is 1. The van der Waals surface area contributed by atoms with E-state index in [0.29, 0.717) is 11.3 Å². The topological polar surface area (TPSA) is 59.4 Å². The molecule has 1 aromatic heterocycles. The average Bonchev–Trinajstić information content (AvgIpc) is 2.33. The van der Waals surface area contributed by atoms with Crippen molar-refractivity contribution in [2.45, 2.75) is 6.92 Å². The molecule has 0 atom stereocenters. The minimum Gasteiger partial charge on any atom is -0.477 e. The number of carboxylic acids is 1. The van der Waals surface area contributed by atoms with Gasteiger partial charge in [0.25, 0.3) is 0 Å². The summed E-state index contributed by atoms with van der Waals surface area (Å²) in [7, 11) is 0. The van der Waals surface area contributed by atoms with Crippen molar-refractivity contribution in [2.24, 2.45) is 0 Å². The Bertz CT molecular complexity index is 599. The summed E-state index contributed by atoms with van der Waals surface area (Å²) < 4.78 is 18.3. The number of nitrogens with zero attached hydrogens (tertiary/aromatic N) is 1. The highest BCUT2D eigenvalue weighted by atomic mass is 19.1. The summed E-state index contributed by atoms with van der Waals surface area (Å²) in [5, 5.41) is 8.98. The van der Waals surface area contributed by atoms with E-state index in [1.165, 1.54) is 36.5 Å². The fourth-order valence-electron chi connectivity index (χ4n) is 1.47. The third kappa shape index (κ3) is 2.45. The van der Waals surface area contributed by atoms with Crippen molar-refractivity contribution in [1.29, 1.82) is 0 Å². The van der Waals surface area contributed by atoms with Crippen LogP contribution < -0.4 is 4.74 Å². The SMILES string of the molecule is Cc1cc(F)ccc1Oc1ncccc1C(=O)O. The van der Waals surface area contributed by atoms with Gasteiger partial charge in [-0.2, -0.15) is 0 Å². The molecule has 0 bridgehead atoms. The first-order valence-corrected chi connectivity index (χ1v) is 5.20. The van der Waals surface area contributed by atoms with Crippen LogP contribution in [0, 0.1) is 12.7 Å². The minimum absolute atomic E-state index is 0.0142. The molecule has 0 spiro atoms. The Hall–Kier alpha value is -2.43. The number of aromatic nitrogens is 1. The number of rotatable bonds is 3. The number of halogens is 1. The first-order valence-electron chi connectivity index (χ1n) is 5.20. The van der Waals surface area contributed by atoms with E-state index in [9.17, 15) is 9.18 Å². The zero-order valence-electron chi connectivity index (χ0n) is 9.55. The Labute approximate surface area is 103 Å². The van der Waals surface area contributed by atoms with Gasteiger partial charge in [-0.15, -0.1) is 0 Å². The van der Waals surface area contributed by atoms with Crippen LogP contribution in [0.1, 0.15) is 15.9 Å². The van der Waals surface area contributed by atoms with Crippen LogP contribution in [-0.4, -0.2) is 16.1 Å². The van der Waals surface area contributed by atoms with E-state index >= 15 is 0 Å². The first-order chi connectivity index (χ1) is 8.58. The van der Waals surface area contributed by atoms with E-state index < -0.39 is 5.97 Å². The molecule has 1 aromatic carbocycles.